The number of hydrogen-bond acceptors (Lipinski definition) is 7. The third-order valence-corrected chi connectivity index (χ3v) is 4.36. The van der Waals surface area contributed by atoms with Gasteiger partial charge in [-0.3, -0.25) is 0 Å². The van der Waals surface area contributed by atoms with E-state index in [4.69, 9.17) is 9.15 Å². The number of aromatic nitrogens is 6. The number of ether oxygens (including phenoxy) is 1. The largest absolute Gasteiger partial charge is 0.496 e. The van der Waals surface area contributed by atoms with E-state index < -0.39 is 0 Å². The van der Waals surface area contributed by atoms with Gasteiger partial charge in [-0.2, -0.15) is 0 Å². The Morgan fingerprint density at radius 2 is 2.00 bits per heavy atom. The summed E-state index contributed by atoms with van der Waals surface area (Å²) >= 11 is 1.34. The van der Waals surface area contributed by atoms with Crippen molar-refractivity contribution in [3.8, 4) is 17.2 Å². The first kappa shape index (κ1) is 15.6. The van der Waals surface area contributed by atoms with Crippen LogP contribution in [0.1, 0.15) is 11.5 Å². The summed E-state index contributed by atoms with van der Waals surface area (Å²) in [6.07, 6.45) is 0. The lowest BCUT2D eigenvalue weighted by Crippen LogP contribution is -2.27. The second-order valence-electron chi connectivity index (χ2n) is 5.36. The van der Waals surface area contributed by atoms with Crippen molar-refractivity contribution in [2.45, 2.75) is 24.1 Å². The van der Waals surface area contributed by atoms with Crippen LogP contribution in [0, 0.1) is 13.8 Å². The summed E-state index contributed by atoms with van der Waals surface area (Å²) in [7, 11) is 1.61. The summed E-state index contributed by atoms with van der Waals surface area (Å²) in [5.74, 6) is 2.47. The number of fused-ring (bicyclic) bond motifs is 1. The molecule has 0 fully saturated rings. The van der Waals surface area contributed by atoms with Gasteiger partial charge in [0.15, 0.2) is 5.03 Å². The molecule has 0 unspecified atom stereocenters. The van der Waals surface area contributed by atoms with Crippen molar-refractivity contribution in [3.63, 3.8) is 0 Å². The molecule has 4 aromatic rings. The summed E-state index contributed by atoms with van der Waals surface area (Å²) in [4.78, 5) is 8.75. The van der Waals surface area contributed by atoms with Gasteiger partial charge in [0.05, 0.1) is 12.7 Å². The van der Waals surface area contributed by atoms with E-state index in [0.717, 1.165) is 22.1 Å². The Morgan fingerprint density at radius 3 is 2.84 bits per heavy atom. The number of hydrogen-bond donors (Lipinski definition) is 1. The van der Waals surface area contributed by atoms with Gasteiger partial charge in [-0.15, -0.1) is 14.7 Å². The first-order valence-corrected chi connectivity index (χ1v) is 8.36. The first-order chi connectivity index (χ1) is 12.1. The molecule has 4 rings (SSSR count). The molecule has 3 heterocycles. The Balaban J connectivity index is 1.70. The molecule has 126 valence electrons. The number of aryl methyl sites for hydroxylation is 2. The Kier molecular flexibility index (Phi) is 3.85. The van der Waals surface area contributed by atoms with Gasteiger partial charge >= 0.3 is 5.78 Å². The van der Waals surface area contributed by atoms with E-state index in [-0.39, 0.29) is 0 Å². The molecule has 0 saturated heterocycles. The Morgan fingerprint density at radius 1 is 1.16 bits per heavy atom. The maximum Gasteiger partial charge on any atom is 0.458 e. The van der Waals surface area contributed by atoms with Crippen molar-refractivity contribution in [1.82, 2.24) is 25.3 Å². The van der Waals surface area contributed by atoms with E-state index in [1.807, 2.05) is 44.2 Å². The predicted molar refractivity (Wildman–Crippen MR) is 89.4 cm³/mol. The third-order valence-electron chi connectivity index (χ3n) is 3.51. The van der Waals surface area contributed by atoms with Crippen LogP contribution in [-0.2, 0) is 0 Å². The van der Waals surface area contributed by atoms with Crippen LogP contribution in [0.3, 0.4) is 0 Å². The molecule has 0 amide bonds. The number of aromatic amines is 1. The van der Waals surface area contributed by atoms with Gasteiger partial charge in [0, 0.05) is 24.8 Å². The van der Waals surface area contributed by atoms with Crippen LogP contribution in [0.5, 0.6) is 5.75 Å². The van der Waals surface area contributed by atoms with Crippen molar-refractivity contribution in [1.29, 1.82) is 0 Å². The zero-order valence-electron chi connectivity index (χ0n) is 13.8. The van der Waals surface area contributed by atoms with Crippen LogP contribution in [0.4, 0.5) is 0 Å². The molecule has 0 aliphatic rings. The van der Waals surface area contributed by atoms with Crippen molar-refractivity contribution in [3.05, 3.63) is 41.9 Å². The summed E-state index contributed by atoms with van der Waals surface area (Å²) in [5.41, 5.74) is 1.61. The lowest BCUT2D eigenvalue weighted by atomic mass is 10.2. The van der Waals surface area contributed by atoms with Crippen LogP contribution < -0.4 is 9.25 Å². The summed E-state index contributed by atoms with van der Waals surface area (Å²) in [6, 6.07) is 9.45. The molecule has 9 heteroatoms. The number of methoxy groups -OCH3 is 1. The SMILES string of the molecule is COc1ccccc1-c1nnc(Sc2cc(C)nc3nc(C)[nH][n+]23)o1. The minimum absolute atomic E-state index is 0.410. The topological polar surface area (TPSA) is 93.8 Å². The molecule has 0 radical (unpaired) electrons. The fraction of sp³-hybridized carbons (Fsp3) is 0.188. The number of nitrogens with one attached hydrogen (secondary N) is 1. The van der Waals surface area contributed by atoms with Gasteiger partial charge in [-0.25, -0.2) is 5.10 Å². The second kappa shape index (κ2) is 6.17. The molecule has 3 aromatic heterocycles. The number of para-hydroxylation sites is 1. The fourth-order valence-corrected chi connectivity index (χ4v) is 3.27. The van der Waals surface area contributed by atoms with E-state index in [9.17, 15) is 0 Å². The summed E-state index contributed by atoms with van der Waals surface area (Å²) in [6.45, 7) is 3.80. The van der Waals surface area contributed by atoms with Gasteiger partial charge in [0.25, 0.3) is 11.1 Å². The highest BCUT2D eigenvalue weighted by atomic mass is 32.2. The van der Waals surface area contributed by atoms with E-state index in [1.165, 1.54) is 11.8 Å². The lowest BCUT2D eigenvalue weighted by molar-refractivity contribution is -0.620. The minimum Gasteiger partial charge on any atom is -0.496 e. The van der Waals surface area contributed by atoms with Crippen molar-refractivity contribution >= 4 is 17.5 Å². The highest BCUT2D eigenvalue weighted by Crippen LogP contribution is 2.32. The van der Waals surface area contributed by atoms with Gasteiger partial charge in [-0.1, -0.05) is 22.1 Å². The maximum atomic E-state index is 5.80. The Bertz CT molecular complexity index is 1060. The molecule has 0 spiro atoms. The predicted octanol–water partition coefficient (Wildman–Crippen LogP) is 2.37. The smallest absolute Gasteiger partial charge is 0.458 e. The maximum absolute atomic E-state index is 5.80. The van der Waals surface area contributed by atoms with Crippen molar-refractivity contribution in [2.75, 3.05) is 7.11 Å². The zero-order valence-corrected chi connectivity index (χ0v) is 14.7. The van der Waals surface area contributed by atoms with Gasteiger partial charge in [-0.05, 0) is 19.1 Å². The average molecular weight is 355 g/mol. The van der Waals surface area contributed by atoms with E-state index >= 15 is 0 Å². The van der Waals surface area contributed by atoms with E-state index in [2.05, 4.69) is 25.3 Å². The zero-order chi connectivity index (χ0) is 17.4. The molecule has 1 aromatic carbocycles. The number of benzene rings is 1. The van der Waals surface area contributed by atoms with E-state index in [0.29, 0.717) is 22.6 Å². The van der Waals surface area contributed by atoms with Crippen LogP contribution in [-0.4, -0.2) is 32.4 Å². The Hall–Kier alpha value is -2.94. The highest BCUT2D eigenvalue weighted by molar-refractivity contribution is 7.98. The Labute approximate surface area is 147 Å². The van der Waals surface area contributed by atoms with Crippen molar-refractivity contribution < 1.29 is 13.7 Å². The molecule has 0 saturated carbocycles. The standard InChI is InChI=1S/C16H14N6O2S/c1-9-8-13(22-15(17-9)18-10(2)21-22)25-16-20-19-14(24-16)11-6-4-5-7-12(11)23-3/h4-8H,1-3H3/p+1. The molecule has 0 aliphatic carbocycles. The van der Waals surface area contributed by atoms with Gasteiger partial charge in [0.2, 0.25) is 5.82 Å². The van der Waals surface area contributed by atoms with Crippen LogP contribution in [0.2, 0.25) is 0 Å². The molecule has 0 atom stereocenters. The van der Waals surface area contributed by atoms with Crippen LogP contribution in [0.25, 0.3) is 17.2 Å². The molecule has 1 N–H and O–H groups in total. The number of rotatable bonds is 4. The molecular formula is C16H15N6O2S+. The highest BCUT2D eigenvalue weighted by Gasteiger charge is 2.20. The fourth-order valence-electron chi connectivity index (χ4n) is 2.44. The number of H-pyrrole nitrogens is 1. The second-order valence-corrected chi connectivity index (χ2v) is 6.33. The molecule has 25 heavy (non-hydrogen) atoms. The van der Waals surface area contributed by atoms with Crippen LogP contribution >= 0.6 is 11.8 Å². The first-order valence-electron chi connectivity index (χ1n) is 7.55. The normalized spacial score (nSPS) is 11.2. The lowest BCUT2D eigenvalue weighted by Gasteiger charge is -2.03. The summed E-state index contributed by atoms with van der Waals surface area (Å²) in [5, 5.41) is 12.7. The van der Waals surface area contributed by atoms with Gasteiger partial charge < -0.3 is 9.15 Å². The molecule has 0 aliphatic heterocycles. The van der Waals surface area contributed by atoms with Gasteiger partial charge in [0.1, 0.15) is 11.4 Å². The number of nitrogens with zero attached hydrogens (tertiary/aromatic N) is 5. The third kappa shape index (κ3) is 2.93. The molecular weight excluding hydrogens is 340 g/mol. The summed E-state index contributed by atoms with van der Waals surface area (Å²) < 4.78 is 12.9. The quantitative estimate of drug-likeness (QED) is 0.444. The van der Waals surface area contributed by atoms with Crippen LogP contribution in [0.15, 0.2) is 45.0 Å². The minimum atomic E-state index is 0.410. The molecule has 0 bridgehead atoms. The average Bonchev–Trinajstić information content (AvgIpc) is 3.20. The van der Waals surface area contributed by atoms with Crippen molar-refractivity contribution in [2.24, 2.45) is 0 Å². The monoisotopic (exact) mass is 355 g/mol. The van der Waals surface area contributed by atoms with E-state index in [1.54, 1.807) is 11.6 Å². The molecule has 8 nitrogen and oxygen atoms in total.